The summed E-state index contributed by atoms with van der Waals surface area (Å²) in [6, 6.07) is 0. The van der Waals surface area contributed by atoms with Gasteiger partial charge in [-0.2, -0.15) is 11.8 Å². The predicted octanol–water partition coefficient (Wildman–Crippen LogP) is 3.07. The number of ether oxygens (including phenoxy) is 1. The van der Waals surface area contributed by atoms with Crippen molar-refractivity contribution in [1.82, 2.24) is 0 Å². The van der Waals surface area contributed by atoms with E-state index in [9.17, 15) is 0 Å². The zero-order valence-electron chi connectivity index (χ0n) is 7.43. The summed E-state index contributed by atoms with van der Waals surface area (Å²) in [4.78, 5) is 0. The SMILES string of the molecule is BrCCCCSC1CCOCC1. The maximum atomic E-state index is 5.31. The number of hydrogen-bond acceptors (Lipinski definition) is 2. The zero-order valence-corrected chi connectivity index (χ0v) is 9.83. The maximum absolute atomic E-state index is 5.31. The molecule has 1 aliphatic heterocycles. The van der Waals surface area contributed by atoms with Crippen molar-refractivity contribution in [2.24, 2.45) is 0 Å². The monoisotopic (exact) mass is 252 g/mol. The topological polar surface area (TPSA) is 9.23 Å². The number of halogens is 1. The first-order chi connectivity index (χ1) is 5.93. The summed E-state index contributed by atoms with van der Waals surface area (Å²) in [5.41, 5.74) is 0. The molecule has 0 saturated carbocycles. The summed E-state index contributed by atoms with van der Waals surface area (Å²) in [6.07, 6.45) is 5.20. The molecule has 3 heteroatoms. The third-order valence-electron chi connectivity index (χ3n) is 2.05. The highest BCUT2D eigenvalue weighted by molar-refractivity contribution is 9.09. The van der Waals surface area contributed by atoms with Crippen LogP contribution in [0, 0.1) is 0 Å². The van der Waals surface area contributed by atoms with Crippen LogP contribution < -0.4 is 0 Å². The predicted molar refractivity (Wildman–Crippen MR) is 59.3 cm³/mol. The number of hydrogen-bond donors (Lipinski definition) is 0. The smallest absolute Gasteiger partial charge is 0.0476 e. The number of thioether (sulfide) groups is 1. The minimum absolute atomic E-state index is 0.883. The molecule has 1 heterocycles. The van der Waals surface area contributed by atoms with Gasteiger partial charge < -0.3 is 4.74 Å². The summed E-state index contributed by atoms with van der Waals surface area (Å²) >= 11 is 5.58. The molecular weight excluding hydrogens is 236 g/mol. The van der Waals surface area contributed by atoms with Gasteiger partial charge >= 0.3 is 0 Å². The lowest BCUT2D eigenvalue weighted by Gasteiger charge is -2.21. The maximum Gasteiger partial charge on any atom is 0.0476 e. The summed E-state index contributed by atoms with van der Waals surface area (Å²) in [7, 11) is 0. The Morgan fingerprint density at radius 3 is 2.67 bits per heavy atom. The molecule has 0 aromatic rings. The molecule has 0 bridgehead atoms. The van der Waals surface area contributed by atoms with Gasteiger partial charge in [0.05, 0.1) is 0 Å². The Hall–Kier alpha value is 0.790. The molecule has 72 valence electrons. The van der Waals surface area contributed by atoms with Gasteiger partial charge in [-0.1, -0.05) is 15.9 Å². The van der Waals surface area contributed by atoms with E-state index in [0.717, 1.165) is 23.8 Å². The zero-order chi connectivity index (χ0) is 8.65. The van der Waals surface area contributed by atoms with Crippen LogP contribution in [-0.2, 0) is 4.74 Å². The van der Waals surface area contributed by atoms with Crippen molar-refractivity contribution >= 4 is 27.7 Å². The van der Waals surface area contributed by atoms with Gasteiger partial charge in [-0.05, 0) is 31.4 Å². The molecule has 0 atom stereocenters. The molecule has 12 heavy (non-hydrogen) atoms. The van der Waals surface area contributed by atoms with Gasteiger partial charge in [-0.25, -0.2) is 0 Å². The van der Waals surface area contributed by atoms with Crippen LogP contribution in [-0.4, -0.2) is 29.5 Å². The van der Waals surface area contributed by atoms with E-state index >= 15 is 0 Å². The van der Waals surface area contributed by atoms with Crippen LogP contribution in [0.3, 0.4) is 0 Å². The van der Waals surface area contributed by atoms with E-state index in [1.54, 1.807) is 0 Å². The first-order valence-corrected chi connectivity index (χ1v) is 6.86. The molecule has 0 radical (unpaired) electrons. The van der Waals surface area contributed by atoms with Gasteiger partial charge in [0.2, 0.25) is 0 Å². The Morgan fingerprint density at radius 2 is 2.00 bits per heavy atom. The Bertz CT molecular complexity index is 105. The molecule has 1 fully saturated rings. The highest BCUT2D eigenvalue weighted by Gasteiger charge is 2.12. The van der Waals surface area contributed by atoms with Crippen molar-refractivity contribution in [1.29, 1.82) is 0 Å². The highest BCUT2D eigenvalue weighted by Crippen LogP contribution is 2.22. The standard InChI is InChI=1S/C9H17BrOS/c10-5-1-2-8-12-9-3-6-11-7-4-9/h9H,1-8H2. The molecule has 1 aliphatic rings. The van der Waals surface area contributed by atoms with Gasteiger partial charge in [-0.3, -0.25) is 0 Å². The minimum Gasteiger partial charge on any atom is -0.381 e. The average molecular weight is 253 g/mol. The van der Waals surface area contributed by atoms with Crippen LogP contribution in [0.5, 0.6) is 0 Å². The lowest BCUT2D eigenvalue weighted by molar-refractivity contribution is 0.100. The van der Waals surface area contributed by atoms with Crippen LogP contribution in [0.2, 0.25) is 0 Å². The van der Waals surface area contributed by atoms with Crippen molar-refractivity contribution in [3.8, 4) is 0 Å². The summed E-state index contributed by atoms with van der Waals surface area (Å²) in [5.74, 6) is 1.33. The average Bonchev–Trinajstić information content (AvgIpc) is 2.14. The molecule has 1 saturated heterocycles. The number of unbranched alkanes of at least 4 members (excludes halogenated alkanes) is 1. The second-order valence-electron chi connectivity index (χ2n) is 3.08. The molecule has 0 unspecified atom stereocenters. The first-order valence-electron chi connectivity index (χ1n) is 4.69. The summed E-state index contributed by atoms with van der Waals surface area (Å²) < 4.78 is 5.31. The van der Waals surface area contributed by atoms with Crippen LogP contribution in [0.25, 0.3) is 0 Å². The molecule has 0 aliphatic carbocycles. The van der Waals surface area contributed by atoms with E-state index in [4.69, 9.17) is 4.74 Å². The van der Waals surface area contributed by atoms with Gasteiger partial charge in [0.15, 0.2) is 0 Å². The van der Waals surface area contributed by atoms with E-state index < -0.39 is 0 Å². The van der Waals surface area contributed by atoms with Crippen molar-refractivity contribution in [2.75, 3.05) is 24.3 Å². The second kappa shape index (κ2) is 7.22. The van der Waals surface area contributed by atoms with Crippen LogP contribution >= 0.6 is 27.7 Å². The molecule has 0 amide bonds. The minimum atomic E-state index is 0.883. The second-order valence-corrected chi connectivity index (χ2v) is 5.28. The fourth-order valence-electron chi connectivity index (χ4n) is 1.29. The highest BCUT2D eigenvalue weighted by atomic mass is 79.9. The fraction of sp³-hybridized carbons (Fsp3) is 1.00. The van der Waals surface area contributed by atoms with E-state index in [1.165, 1.54) is 31.4 Å². The summed E-state index contributed by atoms with van der Waals surface area (Å²) in [5, 5.41) is 2.04. The van der Waals surface area contributed by atoms with Crippen LogP contribution in [0.4, 0.5) is 0 Å². The third kappa shape index (κ3) is 4.73. The van der Waals surface area contributed by atoms with Crippen LogP contribution in [0.1, 0.15) is 25.7 Å². The van der Waals surface area contributed by atoms with E-state index in [-0.39, 0.29) is 0 Å². The van der Waals surface area contributed by atoms with Gasteiger partial charge in [0, 0.05) is 23.8 Å². The largest absolute Gasteiger partial charge is 0.381 e. The molecule has 0 aromatic carbocycles. The first kappa shape index (κ1) is 10.9. The Balaban J connectivity index is 1.91. The third-order valence-corrected chi connectivity index (χ3v) is 4.08. The van der Waals surface area contributed by atoms with Crippen molar-refractivity contribution < 1.29 is 4.74 Å². The molecule has 0 N–H and O–H groups in total. The molecule has 0 aromatic heterocycles. The lowest BCUT2D eigenvalue weighted by atomic mass is 10.2. The molecule has 0 spiro atoms. The molecular formula is C9H17BrOS. The summed E-state index contributed by atoms with van der Waals surface area (Å²) in [6.45, 7) is 1.96. The van der Waals surface area contributed by atoms with Crippen molar-refractivity contribution in [2.45, 2.75) is 30.9 Å². The van der Waals surface area contributed by atoms with E-state index in [0.29, 0.717) is 0 Å². The molecule has 1 nitrogen and oxygen atoms in total. The fourth-order valence-corrected chi connectivity index (χ4v) is 2.92. The quantitative estimate of drug-likeness (QED) is 0.550. The Labute approximate surface area is 87.8 Å². The number of rotatable bonds is 5. The normalized spacial score (nSPS) is 19.8. The Kier molecular flexibility index (Phi) is 6.54. The van der Waals surface area contributed by atoms with Crippen molar-refractivity contribution in [3.63, 3.8) is 0 Å². The van der Waals surface area contributed by atoms with Crippen LogP contribution in [0.15, 0.2) is 0 Å². The Morgan fingerprint density at radius 1 is 1.25 bits per heavy atom. The lowest BCUT2D eigenvalue weighted by Crippen LogP contribution is -2.17. The van der Waals surface area contributed by atoms with Gasteiger partial charge in [0.25, 0.3) is 0 Å². The number of alkyl halides is 1. The van der Waals surface area contributed by atoms with E-state index in [2.05, 4.69) is 27.7 Å². The van der Waals surface area contributed by atoms with Crippen molar-refractivity contribution in [3.05, 3.63) is 0 Å². The van der Waals surface area contributed by atoms with E-state index in [1.807, 2.05) is 0 Å². The van der Waals surface area contributed by atoms with Gasteiger partial charge in [-0.15, -0.1) is 0 Å². The molecule has 1 rings (SSSR count). The van der Waals surface area contributed by atoms with Gasteiger partial charge in [0.1, 0.15) is 0 Å².